The smallest absolute Gasteiger partial charge is 0.341 e. The lowest BCUT2D eigenvalue weighted by Gasteiger charge is -2.19. The first kappa shape index (κ1) is 23.2. The highest BCUT2D eigenvalue weighted by atomic mass is 35.5. The molecule has 0 saturated heterocycles. The van der Waals surface area contributed by atoms with E-state index in [2.05, 4.69) is 10.3 Å². The molecule has 0 bridgehead atoms. The van der Waals surface area contributed by atoms with Gasteiger partial charge in [-0.25, -0.2) is 4.79 Å². The van der Waals surface area contributed by atoms with Gasteiger partial charge in [0, 0.05) is 17.0 Å². The first-order valence-corrected chi connectivity index (χ1v) is 10.9. The van der Waals surface area contributed by atoms with E-state index < -0.39 is 17.6 Å². The molecule has 0 fully saturated rings. The summed E-state index contributed by atoms with van der Waals surface area (Å²) in [6.45, 7) is 0.301. The summed E-state index contributed by atoms with van der Waals surface area (Å²) in [6, 6.07) is 23.1. The van der Waals surface area contributed by atoms with Crippen molar-refractivity contribution >= 4 is 34.4 Å². The number of carbonyl (C=O) groups is 2. The van der Waals surface area contributed by atoms with Gasteiger partial charge in [-0.15, -0.1) is 0 Å². The molecule has 8 heteroatoms. The Hall–Kier alpha value is -3.94. The van der Waals surface area contributed by atoms with Crippen LogP contribution in [0.2, 0.25) is 5.02 Å². The number of carboxylic acids is 1. The van der Waals surface area contributed by atoms with Gasteiger partial charge in [-0.3, -0.25) is 9.59 Å². The molecule has 0 spiro atoms. The average molecular weight is 477 g/mol. The Morgan fingerprint density at radius 3 is 2.35 bits per heavy atom. The van der Waals surface area contributed by atoms with Crippen LogP contribution >= 0.6 is 11.6 Å². The van der Waals surface area contributed by atoms with E-state index in [0.717, 1.165) is 5.56 Å². The number of aromatic amines is 1. The van der Waals surface area contributed by atoms with E-state index in [9.17, 15) is 19.5 Å². The van der Waals surface area contributed by atoms with Gasteiger partial charge in [-0.05, 0) is 34.9 Å². The van der Waals surface area contributed by atoms with Crippen molar-refractivity contribution < 1.29 is 19.4 Å². The van der Waals surface area contributed by atoms with Crippen LogP contribution in [0.5, 0.6) is 0 Å². The van der Waals surface area contributed by atoms with Crippen LogP contribution in [0.3, 0.4) is 0 Å². The highest BCUT2D eigenvalue weighted by Gasteiger charge is 2.22. The van der Waals surface area contributed by atoms with E-state index >= 15 is 0 Å². The minimum absolute atomic E-state index is 0.0519. The van der Waals surface area contributed by atoms with E-state index in [1.54, 1.807) is 12.1 Å². The van der Waals surface area contributed by atoms with Crippen molar-refractivity contribution in [3.63, 3.8) is 0 Å². The topological polar surface area (TPSA) is 108 Å². The molecule has 4 aromatic rings. The van der Waals surface area contributed by atoms with Crippen molar-refractivity contribution in [3.05, 3.63) is 116 Å². The number of rotatable bonds is 8. The number of H-pyrrole nitrogens is 1. The number of amides is 1. The largest absolute Gasteiger partial charge is 0.477 e. The molecule has 1 unspecified atom stereocenters. The summed E-state index contributed by atoms with van der Waals surface area (Å²) in [6.07, 6.45) is -0.857. The third kappa shape index (κ3) is 5.33. The van der Waals surface area contributed by atoms with Gasteiger partial charge >= 0.3 is 5.97 Å². The number of halogens is 1. The highest BCUT2D eigenvalue weighted by Crippen LogP contribution is 2.24. The summed E-state index contributed by atoms with van der Waals surface area (Å²) in [5.74, 6) is -1.70. The van der Waals surface area contributed by atoms with Gasteiger partial charge in [0.1, 0.15) is 5.56 Å². The van der Waals surface area contributed by atoms with Crippen LogP contribution < -0.4 is 10.9 Å². The second-order valence-corrected chi connectivity index (χ2v) is 8.09. The minimum atomic E-state index is -1.33. The molecule has 1 heterocycles. The third-order valence-electron chi connectivity index (χ3n) is 5.28. The highest BCUT2D eigenvalue weighted by molar-refractivity contribution is 6.31. The lowest BCUT2D eigenvalue weighted by Crippen LogP contribution is -2.30. The number of fused-ring (bicyclic) bond motifs is 1. The fourth-order valence-corrected chi connectivity index (χ4v) is 3.88. The molecule has 0 aliphatic heterocycles. The number of hydrogen-bond donors (Lipinski definition) is 3. The van der Waals surface area contributed by atoms with Crippen molar-refractivity contribution in [3.8, 4) is 0 Å². The van der Waals surface area contributed by atoms with E-state index in [-0.39, 0.29) is 24.6 Å². The molecule has 3 N–H and O–H groups in total. The van der Waals surface area contributed by atoms with Gasteiger partial charge in [-0.2, -0.15) is 0 Å². The van der Waals surface area contributed by atoms with Gasteiger partial charge in [-0.1, -0.05) is 72.3 Å². The lowest BCUT2D eigenvalue weighted by atomic mass is 10.1. The van der Waals surface area contributed by atoms with Gasteiger partial charge < -0.3 is 20.1 Å². The van der Waals surface area contributed by atoms with Crippen LogP contribution in [-0.4, -0.2) is 22.0 Å². The molecule has 0 radical (unpaired) electrons. The maximum Gasteiger partial charge on any atom is 0.341 e. The Morgan fingerprint density at radius 1 is 1.00 bits per heavy atom. The van der Waals surface area contributed by atoms with Gasteiger partial charge in [0.2, 0.25) is 0 Å². The van der Waals surface area contributed by atoms with E-state index in [1.807, 2.05) is 60.7 Å². The zero-order valence-corrected chi connectivity index (χ0v) is 18.7. The van der Waals surface area contributed by atoms with Crippen LogP contribution in [0, 0.1) is 0 Å². The molecule has 3 aromatic carbocycles. The van der Waals surface area contributed by atoms with Crippen molar-refractivity contribution in [1.82, 2.24) is 10.3 Å². The van der Waals surface area contributed by atoms with Gasteiger partial charge in [0.05, 0.1) is 12.1 Å². The number of carbonyl (C=O) groups excluding carboxylic acids is 1. The molecule has 0 saturated carbocycles. The van der Waals surface area contributed by atoms with Crippen LogP contribution in [0.1, 0.15) is 33.2 Å². The van der Waals surface area contributed by atoms with Crippen LogP contribution in [-0.2, 0) is 22.7 Å². The fraction of sp³-hybridized carbons (Fsp3) is 0.115. The number of benzene rings is 3. The van der Waals surface area contributed by atoms with Crippen molar-refractivity contribution in [2.24, 2.45) is 0 Å². The number of pyridine rings is 1. The van der Waals surface area contributed by atoms with E-state index in [1.165, 1.54) is 6.07 Å². The minimum Gasteiger partial charge on any atom is -0.477 e. The number of hydrogen-bond acceptors (Lipinski definition) is 4. The summed E-state index contributed by atoms with van der Waals surface area (Å²) in [5, 5.41) is 12.9. The van der Waals surface area contributed by atoms with Gasteiger partial charge in [0.15, 0.2) is 6.10 Å². The molecule has 1 atom stereocenters. The predicted molar refractivity (Wildman–Crippen MR) is 129 cm³/mol. The quantitative estimate of drug-likeness (QED) is 0.348. The van der Waals surface area contributed by atoms with Crippen LogP contribution in [0.4, 0.5) is 0 Å². The number of carboxylic acid groups (broad SMARTS) is 1. The zero-order valence-electron chi connectivity index (χ0n) is 18.0. The summed E-state index contributed by atoms with van der Waals surface area (Å²) in [7, 11) is 0. The molecule has 0 aliphatic carbocycles. The van der Waals surface area contributed by atoms with Crippen molar-refractivity contribution in [2.45, 2.75) is 19.3 Å². The number of aromatic carboxylic acids is 1. The monoisotopic (exact) mass is 476 g/mol. The Labute approximate surface area is 200 Å². The van der Waals surface area contributed by atoms with Crippen molar-refractivity contribution in [1.29, 1.82) is 0 Å². The third-order valence-corrected chi connectivity index (χ3v) is 5.50. The van der Waals surface area contributed by atoms with Crippen molar-refractivity contribution in [2.75, 3.05) is 0 Å². The normalized spacial score (nSPS) is 11.8. The van der Waals surface area contributed by atoms with Crippen LogP contribution in [0.15, 0.2) is 83.7 Å². The summed E-state index contributed by atoms with van der Waals surface area (Å²) >= 11 is 6.21. The number of aromatic nitrogens is 1. The van der Waals surface area contributed by atoms with E-state index in [4.69, 9.17) is 16.3 Å². The average Bonchev–Trinajstić information content (AvgIpc) is 2.84. The molecule has 172 valence electrons. The van der Waals surface area contributed by atoms with Crippen LogP contribution in [0.25, 0.3) is 10.9 Å². The second-order valence-electron chi connectivity index (χ2n) is 7.65. The predicted octanol–water partition coefficient (Wildman–Crippen LogP) is 4.45. The molecule has 4 rings (SSSR count). The molecular weight excluding hydrogens is 456 g/mol. The second kappa shape index (κ2) is 10.3. The summed E-state index contributed by atoms with van der Waals surface area (Å²) < 4.78 is 5.98. The fourth-order valence-electron chi connectivity index (χ4n) is 3.63. The molecular formula is C26H21ClN2O5. The molecule has 7 nitrogen and oxygen atoms in total. The molecule has 0 aliphatic rings. The molecule has 1 aromatic heterocycles. The molecule has 34 heavy (non-hydrogen) atoms. The first-order chi connectivity index (χ1) is 16.4. The standard InChI is InChI=1S/C26H21ClN2O5/c27-20-11-18-13-21(26(32)33)24(30)29-22(18)19(12-20)14-28-25(31)23(17-9-5-2-6-10-17)34-15-16-7-3-1-4-8-16/h1-13,23H,14-15H2,(H,28,31)(H,29,30)(H,32,33). The maximum absolute atomic E-state index is 13.2. The Morgan fingerprint density at radius 2 is 1.68 bits per heavy atom. The summed E-state index contributed by atoms with van der Waals surface area (Å²) in [5.41, 5.74) is 1.46. The maximum atomic E-state index is 13.2. The Kier molecular flexibility index (Phi) is 7.06. The first-order valence-electron chi connectivity index (χ1n) is 10.5. The Bertz CT molecular complexity index is 1390. The number of ether oxygens (including phenoxy) is 1. The lowest BCUT2D eigenvalue weighted by molar-refractivity contribution is -0.134. The Balaban J connectivity index is 1.58. The van der Waals surface area contributed by atoms with Gasteiger partial charge in [0.25, 0.3) is 11.5 Å². The SMILES string of the molecule is O=C(O)c1cc2cc(Cl)cc(CNC(=O)C(OCc3ccccc3)c3ccccc3)c2[nH]c1=O. The molecule has 1 amide bonds. The summed E-state index contributed by atoms with van der Waals surface area (Å²) in [4.78, 5) is 39.2. The zero-order chi connectivity index (χ0) is 24.1. The number of nitrogens with one attached hydrogen (secondary N) is 2. The van der Waals surface area contributed by atoms with E-state index in [0.29, 0.717) is 27.1 Å².